The fraction of sp³-hybridized carbons (Fsp3) is 0.929. The van der Waals surface area contributed by atoms with E-state index in [2.05, 4.69) is 10.2 Å². The van der Waals surface area contributed by atoms with Crippen LogP contribution >= 0.6 is 0 Å². The Kier molecular flexibility index (Phi) is 6.23. The van der Waals surface area contributed by atoms with Gasteiger partial charge < -0.3 is 9.47 Å². The van der Waals surface area contributed by atoms with Gasteiger partial charge in [-0.2, -0.15) is 0 Å². The van der Waals surface area contributed by atoms with Crippen molar-refractivity contribution >= 4 is 5.97 Å². The van der Waals surface area contributed by atoms with Crippen LogP contribution in [-0.2, 0) is 14.3 Å². The Morgan fingerprint density at radius 1 is 1.53 bits per heavy atom. The van der Waals surface area contributed by atoms with Gasteiger partial charge in [0.25, 0.3) is 0 Å². The van der Waals surface area contributed by atoms with Gasteiger partial charge in [-0.3, -0.25) is 15.0 Å². The molecule has 0 amide bonds. The molecule has 5 heteroatoms. The molecule has 1 aliphatic rings. The van der Waals surface area contributed by atoms with Gasteiger partial charge in [-0.25, -0.2) is 0 Å². The van der Waals surface area contributed by atoms with Crippen molar-refractivity contribution in [1.82, 2.24) is 10.2 Å². The predicted octanol–water partition coefficient (Wildman–Crippen LogP) is 1.03. The van der Waals surface area contributed by atoms with Crippen LogP contribution in [0.3, 0.4) is 0 Å². The van der Waals surface area contributed by atoms with Crippen molar-refractivity contribution in [3.63, 3.8) is 0 Å². The third-order valence-corrected chi connectivity index (χ3v) is 3.44. The summed E-state index contributed by atoms with van der Waals surface area (Å²) >= 11 is 0. The van der Waals surface area contributed by atoms with Gasteiger partial charge in [-0.15, -0.1) is 0 Å². The Morgan fingerprint density at radius 2 is 2.21 bits per heavy atom. The fourth-order valence-electron chi connectivity index (χ4n) is 2.68. The molecule has 5 nitrogen and oxygen atoms in total. The summed E-state index contributed by atoms with van der Waals surface area (Å²) in [7, 11) is 1.74. The van der Waals surface area contributed by atoms with Crippen LogP contribution in [0.15, 0.2) is 0 Å². The zero-order chi connectivity index (χ0) is 14.5. The van der Waals surface area contributed by atoms with E-state index in [-0.39, 0.29) is 18.1 Å². The lowest BCUT2D eigenvalue weighted by molar-refractivity contribution is -0.151. The molecule has 0 spiro atoms. The van der Waals surface area contributed by atoms with Gasteiger partial charge in [0.05, 0.1) is 12.7 Å². The maximum atomic E-state index is 12.2. The molecule has 0 bridgehead atoms. The highest BCUT2D eigenvalue weighted by Crippen LogP contribution is 2.17. The summed E-state index contributed by atoms with van der Waals surface area (Å²) in [5.74, 6) is -0.176. The van der Waals surface area contributed by atoms with Crippen molar-refractivity contribution in [2.24, 2.45) is 0 Å². The van der Waals surface area contributed by atoms with E-state index in [9.17, 15) is 4.79 Å². The fourth-order valence-corrected chi connectivity index (χ4v) is 2.68. The Balaban J connectivity index is 2.66. The number of nitrogens with one attached hydrogen (secondary N) is 1. The van der Waals surface area contributed by atoms with Gasteiger partial charge in [0.1, 0.15) is 5.54 Å². The minimum Gasteiger partial charge on any atom is -0.465 e. The van der Waals surface area contributed by atoms with Crippen LogP contribution in [0.1, 0.15) is 34.1 Å². The van der Waals surface area contributed by atoms with Crippen molar-refractivity contribution < 1.29 is 14.3 Å². The summed E-state index contributed by atoms with van der Waals surface area (Å²) in [6.45, 7) is 10.8. The zero-order valence-electron chi connectivity index (χ0n) is 12.9. The summed E-state index contributed by atoms with van der Waals surface area (Å²) in [5, 5.41) is 3.34. The van der Waals surface area contributed by atoms with E-state index < -0.39 is 5.54 Å². The van der Waals surface area contributed by atoms with E-state index in [4.69, 9.17) is 9.47 Å². The van der Waals surface area contributed by atoms with Gasteiger partial charge in [0.15, 0.2) is 0 Å². The number of ether oxygens (including phenoxy) is 2. The molecule has 0 aliphatic carbocycles. The number of nitrogens with zero attached hydrogens (tertiary/aromatic N) is 1. The molecule has 1 aliphatic heterocycles. The Hall–Kier alpha value is -0.650. The van der Waals surface area contributed by atoms with Crippen LogP contribution in [0.25, 0.3) is 0 Å². The first-order valence-corrected chi connectivity index (χ1v) is 7.11. The van der Waals surface area contributed by atoms with E-state index in [0.717, 1.165) is 19.5 Å². The number of esters is 1. The summed E-state index contributed by atoms with van der Waals surface area (Å²) in [4.78, 5) is 14.5. The zero-order valence-corrected chi connectivity index (χ0v) is 12.9. The van der Waals surface area contributed by atoms with Crippen LogP contribution < -0.4 is 5.32 Å². The van der Waals surface area contributed by atoms with E-state index >= 15 is 0 Å². The van der Waals surface area contributed by atoms with Gasteiger partial charge in [0, 0.05) is 32.8 Å². The number of likely N-dealkylation sites (tertiary alicyclic amines) is 1. The summed E-state index contributed by atoms with van der Waals surface area (Å²) < 4.78 is 10.6. The molecule has 19 heavy (non-hydrogen) atoms. The van der Waals surface area contributed by atoms with Gasteiger partial charge in [-0.05, 0) is 34.1 Å². The third kappa shape index (κ3) is 4.75. The lowest BCUT2D eigenvalue weighted by Gasteiger charge is -2.34. The monoisotopic (exact) mass is 272 g/mol. The van der Waals surface area contributed by atoms with Gasteiger partial charge >= 0.3 is 5.97 Å². The SMILES string of the molecule is CCOC(=O)C(C)(CN1CCC(OC)C1)NC(C)C. The largest absolute Gasteiger partial charge is 0.465 e. The molecule has 1 N–H and O–H groups in total. The quantitative estimate of drug-likeness (QED) is 0.702. The molecule has 0 saturated carbocycles. The first-order valence-electron chi connectivity index (χ1n) is 7.11. The molecule has 1 fully saturated rings. The number of rotatable bonds is 7. The molecule has 0 aromatic carbocycles. The number of hydrogen-bond donors (Lipinski definition) is 1. The van der Waals surface area contributed by atoms with Gasteiger partial charge in [-0.1, -0.05) is 0 Å². The minimum atomic E-state index is -0.660. The maximum absolute atomic E-state index is 12.2. The molecule has 1 rings (SSSR count). The highest BCUT2D eigenvalue weighted by atomic mass is 16.5. The Morgan fingerprint density at radius 3 is 2.68 bits per heavy atom. The highest BCUT2D eigenvalue weighted by molar-refractivity contribution is 5.80. The first-order chi connectivity index (χ1) is 8.91. The molecule has 2 atom stereocenters. The Labute approximate surface area is 116 Å². The number of hydrogen-bond acceptors (Lipinski definition) is 5. The Bertz CT molecular complexity index is 296. The van der Waals surface area contributed by atoms with Crippen LogP contribution in [0.2, 0.25) is 0 Å². The maximum Gasteiger partial charge on any atom is 0.327 e. The lowest BCUT2D eigenvalue weighted by Crippen LogP contribution is -2.59. The van der Waals surface area contributed by atoms with Crippen LogP contribution in [-0.4, -0.2) is 61.9 Å². The molecule has 112 valence electrons. The second kappa shape index (κ2) is 7.22. The average molecular weight is 272 g/mol. The van der Waals surface area contributed by atoms with E-state index in [1.807, 2.05) is 27.7 Å². The van der Waals surface area contributed by atoms with Crippen molar-refractivity contribution in [1.29, 1.82) is 0 Å². The topological polar surface area (TPSA) is 50.8 Å². The standard InChI is InChI=1S/C14H28N2O3/c1-6-19-13(17)14(4,15-11(2)3)10-16-8-7-12(9-16)18-5/h11-12,15H,6-10H2,1-5H3. The molecule has 0 aromatic heterocycles. The lowest BCUT2D eigenvalue weighted by atomic mass is 10.0. The molecular formula is C14H28N2O3. The van der Waals surface area contributed by atoms with E-state index in [1.54, 1.807) is 7.11 Å². The first kappa shape index (κ1) is 16.4. The van der Waals surface area contributed by atoms with Crippen molar-refractivity contribution in [2.75, 3.05) is 33.4 Å². The average Bonchev–Trinajstić information content (AvgIpc) is 2.75. The second-order valence-corrected chi connectivity index (χ2v) is 5.73. The van der Waals surface area contributed by atoms with Crippen LogP contribution in [0.5, 0.6) is 0 Å². The molecule has 2 unspecified atom stereocenters. The summed E-state index contributed by atoms with van der Waals surface area (Å²) in [5.41, 5.74) is -0.660. The number of carbonyl (C=O) groups excluding carboxylic acids is 1. The van der Waals surface area contributed by atoms with Crippen molar-refractivity contribution in [3.8, 4) is 0 Å². The van der Waals surface area contributed by atoms with Crippen molar-refractivity contribution in [2.45, 2.75) is 51.8 Å². The molecule has 0 aromatic rings. The van der Waals surface area contributed by atoms with Crippen LogP contribution in [0, 0.1) is 0 Å². The number of methoxy groups -OCH3 is 1. The number of carbonyl (C=O) groups is 1. The minimum absolute atomic E-state index is 0.176. The molecule has 1 heterocycles. The third-order valence-electron chi connectivity index (χ3n) is 3.44. The molecule has 0 radical (unpaired) electrons. The highest BCUT2D eigenvalue weighted by Gasteiger charge is 2.38. The second-order valence-electron chi connectivity index (χ2n) is 5.73. The van der Waals surface area contributed by atoms with E-state index in [0.29, 0.717) is 13.2 Å². The van der Waals surface area contributed by atoms with Crippen molar-refractivity contribution in [3.05, 3.63) is 0 Å². The predicted molar refractivity (Wildman–Crippen MR) is 75.2 cm³/mol. The summed E-state index contributed by atoms with van der Waals surface area (Å²) in [6.07, 6.45) is 1.31. The van der Waals surface area contributed by atoms with Crippen LogP contribution in [0.4, 0.5) is 0 Å². The smallest absolute Gasteiger partial charge is 0.327 e. The molecule has 1 saturated heterocycles. The van der Waals surface area contributed by atoms with Gasteiger partial charge in [0.2, 0.25) is 0 Å². The van der Waals surface area contributed by atoms with E-state index in [1.165, 1.54) is 0 Å². The normalized spacial score (nSPS) is 23.6. The summed E-state index contributed by atoms with van der Waals surface area (Å²) in [6, 6.07) is 0.232. The molecular weight excluding hydrogens is 244 g/mol.